The molecule has 1 aromatic carbocycles. The molecule has 0 heterocycles. The fourth-order valence-electron chi connectivity index (χ4n) is 1.01. The summed E-state index contributed by atoms with van der Waals surface area (Å²) in [6.07, 6.45) is -0.337. The standard InChI is InChI=1S/C9H5F4N/c1-14-3-2-5-8(12)6(10)4-7(11)9(5)13/h4H,2-3H2. The van der Waals surface area contributed by atoms with Gasteiger partial charge in [0.2, 0.25) is 6.54 Å². The molecule has 0 unspecified atom stereocenters. The molecule has 0 saturated carbocycles. The minimum Gasteiger partial charge on any atom is -0.317 e. The van der Waals surface area contributed by atoms with E-state index in [-0.39, 0.29) is 19.0 Å². The van der Waals surface area contributed by atoms with E-state index in [0.29, 0.717) is 0 Å². The van der Waals surface area contributed by atoms with Gasteiger partial charge in [-0.3, -0.25) is 0 Å². The van der Waals surface area contributed by atoms with Gasteiger partial charge in [0.05, 0.1) is 6.42 Å². The molecule has 5 heteroatoms. The number of hydrogen-bond donors (Lipinski definition) is 0. The summed E-state index contributed by atoms with van der Waals surface area (Å²) >= 11 is 0. The highest BCUT2D eigenvalue weighted by Crippen LogP contribution is 2.19. The van der Waals surface area contributed by atoms with Gasteiger partial charge in [-0.1, -0.05) is 0 Å². The minimum atomic E-state index is -1.44. The Balaban J connectivity index is 3.19. The summed E-state index contributed by atoms with van der Waals surface area (Å²) in [5, 5.41) is 0. The molecule has 74 valence electrons. The molecule has 0 radical (unpaired) electrons. The Bertz CT molecular complexity index is 369. The zero-order valence-corrected chi connectivity index (χ0v) is 6.95. The molecule has 1 rings (SSSR count). The highest BCUT2D eigenvalue weighted by atomic mass is 19.2. The largest absolute Gasteiger partial charge is 0.317 e. The highest BCUT2D eigenvalue weighted by Gasteiger charge is 2.19. The zero-order chi connectivity index (χ0) is 10.7. The van der Waals surface area contributed by atoms with Crippen molar-refractivity contribution in [1.29, 1.82) is 0 Å². The number of benzene rings is 1. The lowest BCUT2D eigenvalue weighted by Gasteiger charge is -2.03. The summed E-state index contributed by atoms with van der Waals surface area (Å²) in [5.74, 6) is -5.73. The van der Waals surface area contributed by atoms with Crippen molar-refractivity contribution in [2.75, 3.05) is 6.54 Å². The molecule has 0 aliphatic heterocycles. The smallest absolute Gasteiger partial charge is 0.218 e. The van der Waals surface area contributed by atoms with Crippen molar-refractivity contribution in [3.05, 3.63) is 46.3 Å². The van der Waals surface area contributed by atoms with Crippen LogP contribution in [-0.2, 0) is 6.42 Å². The van der Waals surface area contributed by atoms with E-state index < -0.39 is 28.8 Å². The third-order valence-corrected chi connectivity index (χ3v) is 1.68. The van der Waals surface area contributed by atoms with Gasteiger partial charge < -0.3 is 4.85 Å². The van der Waals surface area contributed by atoms with E-state index in [1.807, 2.05) is 0 Å². The van der Waals surface area contributed by atoms with Crippen LogP contribution in [0.4, 0.5) is 17.6 Å². The number of halogens is 4. The molecule has 0 aromatic heterocycles. The van der Waals surface area contributed by atoms with Crippen molar-refractivity contribution in [2.45, 2.75) is 6.42 Å². The van der Waals surface area contributed by atoms with Gasteiger partial charge in [0.15, 0.2) is 23.3 Å². The molecule has 0 amide bonds. The van der Waals surface area contributed by atoms with E-state index in [0.717, 1.165) is 0 Å². The molecule has 0 aliphatic carbocycles. The van der Waals surface area contributed by atoms with Crippen LogP contribution in [0, 0.1) is 29.8 Å². The molecule has 0 saturated heterocycles. The van der Waals surface area contributed by atoms with Gasteiger partial charge in [-0.05, 0) is 0 Å². The summed E-state index contributed by atoms with van der Waals surface area (Å²) in [6, 6.07) is 0.145. The molecule has 0 N–H and O–H groups in total. The van der Waals surface area contributed by atoms with Gasteiger partial charge in [0, 0.05) is 11.6 Å². The summed E-state index contributed by atoms with van der Waals surface area (Å²) in [7, 11) is 0. The molecule has 1 nitrogen and oxygen atoms in total. The van der Waals surface area contributed by atoms with Crippen LogP contribution in [0.1, 0.15) is 5.56 Å². The van der Waals surface area contributed by atoms with E-state index >= 15 is 0 Å². The van der Waals surface area contributed by atoms with Crippen molar-refractivity contribution in [3.8, 4) is 0 Å². The lowest BCUT2D eigenvalue weighted by atomic mass is 10.1. The van der Waals surface area contributed by atoms with E-state index in [4.69, 9.17) is 6.57 Å². The molecule has 0 aliphatic rings. The van der Waals surface area contributed by atoms with E-state index in [1.54, 1.807) is 0 Å². The first-order chi connectivity index (χ1) is 6.57. The van der Waals surface area contributed by atoms with Crippen LogP contribution < -0.4 is 0 Å². The van der Waals surface area contributed by atoms with Gasteiger partial charge in [0.25, 0.3) is 0 Å². The molecular weight excluding hydrogens is 198 g/mol. The number of hydrogen-bond acceptors (Lipinski definition) is 0. The molecule has 0 fully saturated rings. The van der Waals surface area contributed by atoms with Gasteiger partial charge in [-0.25, -0.2) is 24.1 Å². The first kappa shape index (κ1) is 10.5. The SMILES string of the molecule is [C-]#[N+]CCc1c(F)c(F)cc(F)c1F. The number of rotatable bonds is 2. The molecular formula is C9H5F4N. The lowest BCUT2D eigenvalue weighted by Crippen LogP contribution is -2.03. The highest BCUT2D eigenvalue weighted by molar-refractivity contribution is 5.23. The van der Waals surface area contributed by atoms with E-state index in [9.17, 15) is 17.6 Å². The minimum absolute atomic E-state index is 0.145. The predicted octanol–water partition coefficient (Wildman–Crippen LogP) is 2.70. The predicted molar refractivity (Wildman–Crippen MR) is 41.4 cm³/mol. The van der Waals surface area contributed by atoms with Gasteiger partial charge in [-0.2, -0.15) is 0 Å². The summed E-state index contributed by atoms with van der Waals surface area (Å²) in [6.45, 7) is 6.18. The van der Waals surface area contributed by atoms with Crippen molar-refractivity contribution < 1.29 is 17.6 Å². The van der Waals surface area contributed by atoms with Gasteiger partial charge >= 0.3 is 0 Å². The van der Waals surface area contributed by atoms with Crippen LogP contribution in [0.25, 0.3) is 4.85 Å². The van der Waals surface area contributed by atoms with Crippen LogP contribution in [-0.4, -0.2) is 6.54 Å². The van der Waals surface area contributed by atoms with Crippen LogP contribution in [0.5, 0.6) is 0 Å². The zero-order valence-electron chi connectivity index (χ0n) is 6.95. The van der Waals surface area contributed by atoms with Crippen LogP contribution in [0.2, 0.25) is 0 Å². The van der Waals surface area contributed by atoms with Crippen LogP contribution >= 0.6 is 0 Å². The third-order valence-electron chi connectivity index (χ3n) is 1.68. The first-order valence-corrected chi connectivity index (χ1v) is 3.73. The maximum absolute atomic E-state index is 12.9. The van der Waals surface area contributed by atoms with Gasteiger partial charge in [0.1, 0.15) is 0 Å². The monoisotopic (exact) mass is 203 g/mol. The van der Waals surface area contributed by atoms with E-state index in [2.05, 4.69) is 4.85 Å². The molecule has 0 spiro atoms. The Hall–Kier alpha value is -1.57. The molecule has 0 atom stereocenters. The Labute approximate surface area is 77.8 Å². The van der Waals surface area contributed by atoms with Crippen molar-refractivity contribution >= 4 is 0 Å². The lowest BCUT2D eigenvalue weighted by molar-refractivity contribution is 0.440. The second-order valence-corrected chi connectivity index (χ2v) is 2.58. The Kier molecular flexibility index (Phi) is 3.07. The fourth-order valence-corrected chi connectivity index (χ4v) is 1.01. The Morgan fingerprint density at radius 2 is 1.57 bits per heavy atom. The second-order valence-electron chi connectivity index (χ2n) is 2.58. The van der Waals surface area contributed by atoms with Crippen LogP contribution in [0.3, 0.4) is 0 Å². The van der Waals surface area contributed by atoms with Gasteiger partial charge in [-0.15, -0.1) is 0 Å². The van der Waals surface area contributed by atoms with Crippen molar-refractivity contribution in [3.63, 3.8) is 0 Å². The second kappa shape index (κ2) is 4.09. The topological polar surface area (TPSA) is 4.36 Å². The quantitative estimate of drug-likeness (QED) is 0.395. The molecule has 0 bridgehead atoms. The van der Waals surface area contributed by atoms with E-state index in [1.165, 1.54) is 0 Å². The maximum atomic E-state index is 12.9. The van der Waals surface area contributed by atoms with Crippen molar-refractivity contribution in [2.24, 2.45) is 0 Å². The fraction of sp³-hybridized carbons (Fsp3) is 0.222. The molecule has 14 heavy (non-hydrogen) atoms. The summed E-state index contributed by atoms with van der Waals surface area (Å²) < 4.78 is 50.9. The molecule has 1 aromatic rings. The average molecular weight is 203 g/mol. The average Bonchev–Trinajstić information content (AvgIpc) is 2.15. The van der Waals surface area contributed by atoms with Crippen LogP contribution in [0.15, 0.2) is 6.07 Å². The first-order valence-electron chi connectivity index (χ1n) is 3.73. The summed E-state index contributed by atoms with van der Waals surface area (Å²) in [5.41, 5.74) is -0.710. The Morgan fingerprint density at radius 3 is 2.00 bits per heavy atom. The maximum Gasteiger partial charge on any atom is 0.218 e. The normalized spacial score (nSPS) is 9.93. The summed E-state index contributed by atoms with van der Waals surface area (Å²) in [4.78, 5) is 2.84. The van der Waals surface area contributed by atoms with Crippen molar-refractivity contribution in [1.82, 2.24) is 0 Å². The third kappa shape index (κ3) is 1.84. The Morgan fingerprint density at radius 1 is 1.07 bits per heavy atom. The number of nitrogens with zero attached hydrogens (tertiary/aromatic N) is 1.